The summed E-state index contributed by atoms with van der Waals surface area (Å²) in [4.78, 5) is 0. The van der Waals surface area contributed by atoms with Gasteiger partial charge in [-0.2, -0.15) is 0 Å². The Morgan fingerprint density at radius 2 is 0.895 bits per heavy atom. The summed E-state index contributed by atoms with van der Waals surface area (Å²) in [7, 11) is 0. The summed E-state index contributed by atoms with van der Waals surface area (Å²) in [5.41, 5.74) is 0.361. The molecule has 0 saturated heterocycles. The molecule has 0 unspecified atom stereocenters. The van der Waals surface area contributed by atoms with Crippen molar-refractivity contribution in [2.24, 2.45) is 11.8 Å². The normalized spacial score (nSPS) is 26.8. The van der Waals surface area contributed by atoms with Gasteiger partial charge in [-0.3, -0.25) is 0 Å². The second-order valence-corrected chi connectivity index (χ2v) is 7.66. The van der Waals surface area contributed by atoms with Gasteiger partial charge in [-0.25, -0.2) is 0 Å². The second-order valence-electron chi connectivity index (χ2n) is 7.66. The smallest absolute Gasteiger partial charge is 0.0713 e. The zero-order chi connectivity index (χ0) is 13.9. The Balaban J connectivity index is 2.17. The lowest BCUT2D eigenvalue weighted by Crippen LogP contribution is -2.52. The summed E-state index contributed by atoms with van der Waals surface area (Å²) >= 11 is 0. The summed E-state index contributed by atoms with van der Waals surface area (Å²) in [6.07, 6.45) is 13.5. The van der Waals surface area contributed by atoms with E-state index in [1.165, 1.54) is 64.2 Å². The first-order valence-electron chi connectivity index (χ1n) is 8.71. The van der Waals surface area contributed by atoms with Crippen LogP contribution in [0.2, 0.25) is 0 Å². The Morgan fingerprint density at radius 3 is 1.16 bits per heavy atom. The number of rotatable bonds is 4. The second kappa shape index (κ2) is 6.16. The highest BCUT2D eigenvalue weighted by Crippen LogP contribution is 2.47. The minimum atomic E-state index is 0.180. The van der Waals surface area contributed by atoms with Gasteiger partial charge < -0.3 is 4.74 Å². The van der Waals surface area contributed by atoms with Gasteiger partial charge in [0.05, 0.1) is 11.2 Å². The van der Waals surface area contributed by atoms with E-state index < -0.39 is 0 Å². The summed E-state index contributed by atoms with van der Waals surface area (Å²) in [5, 5.41) is 0. The van der Waals surface area contributed by atoms with E-state index in [0.29, 0.717) is 11.8 Å². The van der Waals surface area contributed by atoms with Crippen LogP contribution in [0.4, 0.5) is 0 Å². The maximum Gasteiger partial charge on any atom is 0.0713 e. The fourth-order valence-electron chi connectivity index (χ4n) is 4.30. The van der Waals surface area contributed by atoms with Crippen molar-refractivity contribution in [3.05, 3.63) is 0 Å². The van der Waals surface area contributed by atoms with Gasteiger partial charge >= 0.3 is 0 Å². The van der Waals surface area contributed by atoms with Gasteiger partial charge in [-0.05, 0) is 37.5 Å². The first-order valence-corrected chi connectivity index (χ1v) is 8.71. The summed E-state index contributed by atoms with van der Waals surface area (Å²) in [6, 6.07) is 0. The molecule has 1 heteroatoms. The molecule has 2 saturated carbocycles. The summed E-state index contributed by atoms with van der Waals surface area (Å²) in [5.74, 6) is 1.32. The van der Waals surface area contributed by atoms with Crippen molar-refractivity contribution in [2.45, 2.75) is 103 Å². The standard InChI is InChI=1S/C18H34O/c1-15(2)17(11-7-5-8-12-17)19-18(16(3)4)13-9-6-10-14-18/h15-16H,5-14H2,1-4H3. The number of ether oxygens (including phenoxy) is 1. The fourth-order valence-corrected chi connectivity index (χ4v) is 4.30. The van der Waals surface area contributed by atoms with Gasteiger partial charge in [0.15, 0.2) is 0 Å². The molecule has 0 bridgehead atoms. The molecule has 0 N–H and O–H groups in total. The highest BCUT2D eigenvalue weighted by Gasteiger charge is 2.46. The van der Waals surface area contributed by atoms with Crippen LogP contribution in [0, 0.1) is 11.8 Å². The highest BCUT2D eigenvalue weighted by molar-refractivity contribution is 4.95. The van der Waals surface area contributed by atoms with E-state index in [4.69, 9.17) is 4.74 Å². The molecule has 0 aromatic rings. The molecule has 2 aliphatic rings. The first-order chi connectivity index (χ1) is 9.01. The average Bonchev–Trinajstić information content (AvgIpc) is 2.40. The molecule has 2 fully saturated rings. The Hall–Kier alpha value is -0.0400. The first kappa shape index (κ1) is 15.4. The molecule has 0 radical (unpaired) electrons. The molecule has 0 spiro atoms. The van der Waals surface area contributed by atoms with Crippen LogP contribution in [-0.4, -0.2) is 11.2 Å². The van der Waals surface area contributed by atoms with Crippen LogP contribution < -0.4 is 0 Å². The Morgan fingerprint density at radius 1 is 0.579 bits per heavy atom. The third-order valence-electron chi connectivity index (χ3n) is 5.91. The van der Waals surface area contributed by atoms with Crippen molar-refractivity contribution >= 4 is 0 Å². The quantitative estimate of drug-likeness (QED) is 0.632. The molecule has 112 valence electrons. The van der Waals surface area contributed by atoms with Crippen molar-refractivity contribution < 1.29 is 4.74 Å². The molecular formula is C18H34O. The van der Waals surface area contributed by atoms with Gasteiger partial charge in [-0.1, -0.05) is 66.2 Å². The van der Waals surface area contributed by atoms with E-state index in [2.05, 4.69) is 27.7 Å². The molecule has 2 rings (SSSR count). The molecule has 0 aromatic heterocycles. The Bertz CT molecular complexity index is 239. The Labute approximate surface area is 120 Å². The van der Waals surface area contributed by atoms with Gasteiger partial charge in [0.25, 0.3) is 0 Å². The van der Waals surface area contributed by atoms with Crippen molar-refractivity contribution in [1.82, 2.24) is 0 Å². The zero-order valence-electron chi connectivity index (χ0n) is 13.6. The lowest BCUT2D eigenvalue weighted by molar-refractivity contribution is -0.220. The van der Waals surface area contributed by atoms with Gasteiger partial charge in [0.1, 0.15) is 0 Å². The molecule has 0 aliphatic heterocycles. The van der Waals surface area contributed by atoms with Crippen LogP contribution in [0.1, 0.15) is 91.9 Å². The zero-order valence-corrected chi connectivity index (χ0v) is 13.6. The molecule has 2 aliphatic carbocycles. The molecule has 0 amide bonds. The van der Waals surface area contributed by atoms with Crippen LogP contribution >= 0.6 is 0 Å². The summed E-state index contributed by atoms with van der Waals surface area (Å²) < 4.78 is 7.03. The van der Waals surface area contributed by atoms with Crippen LogP contribution in [0.3, 0.4) is 0 Å². The lowest BCUT2D eigenvalue weighted by Gasteiger charge is -2.51. The number of hydrogen-bond donors (Lipinski definition) is 0. The monoisotopic (exact) mass is 266 g/mol. The van der Waals surface area contributed by atoms with E-state index >= 15 is 0 Å². The van der Waals surface area contributed by atoms with Crippen molar-refractivity contribution in [1.29, 1.82) is 0 Å². The molecule has 19 heavy (non-hydrogen) atoms. The molecule has 1 nitrogen and oxygen atoms in total. The molecular weight excluding hydrogens is 232 g/mol. The van der Waals surface area contributed by atoms with E-state index in [9.17, 15) is 0 Å². The highest BCUT2D eigenvalue weighted by atomic mass is 16.5. The number of hydrogen-bond acceptors (Lipinski definition) is 1. The van der Waals surface area contributed by atoms with Crippen molar-refractivity contribution in [2.75, 3.05) is 0 Å². The van der Waals surface area contributed by atoms with E-state index in [0.717, 1.165) is 0 Å². The maximum absolute atomic E-state index is 7.03. The maximum atomic E-state index is 7.03. The fraction of sp³-hybridized carbons (Fsp3) is 1.00. The SMILES string of the molecule is CC(C)C1(OC2(C(C)C)CCCCC2)CCCCC1. The lowest BCUT2D eigenvalue weighted by atomic mass is 9.72. The predicted molar refractivity (Wildman–Crippen MR) is 82.4 cm³/mol. The van der Waals surface area contributed by atoms with E-state index in [1.807, 2.05) is 0 Å². The average molecular weight is 266 g/mol. The largest absolute Gasteiger partial charge is 0.368 e. The summed E-state index contributed by atoms with van der Waals surface area (Å²) in [6.45, 7) is 9.51. The van der Waals surface area contributed by atoms with Crippen LogP contribution in [0.5, 0.6) is 0 Å². The third-order valence-corrected chi connectivity index (χ3v) is 5.91. The molecule has 0 atom stereocenters. The predicted octanol–water partition coefficient (Wildman–Crippen LogP) is 5.72. The van der Waals surface area contributed by atoms with Crippen molar-refractivity contribution in [3.8, 4) is 0 Å². The van der Waals surface area contributed by atoms with Crippen LogP contribution in [-0.2, 0) is 4.74 Å². The van der Waals surface area contributed by atoms with Gasteiger partial charge in [0.2, 0.25) is 0 Å². The van der Waals surface area contributed by atoms with E-state index in [-0.39, 0.29) is 11.2 Å². The van der Waals surface area contributed by atoms with Crippen LogP contribution in [0.25, 0.3) is 0 Å². The van der Waals surface area contributed by atoms with Gasteiger partial charge in [-0.15, -0.1) is 0 Å². The van der Waals surface area contributed by atoms with Crippen molar-refractivity contribution in [3.63, 3.8) is 0 Å². The molecule has 0 aromatic carbocycles. The topological polar surface area (TPSA) is 9.23 Å². The molecule has 0 heterocycles. The van der Waals surface area contributed by atoms with Gasteiger partial charge in [0, 0.05) is 0 Å². The minimum absolute atomic E-state index is 0.180. The third kappa shape index (κ3) is 3.17. The Kier molecular flexibility index (Phi) is 4.98. The van der Waals surface area contributed by atoms with E-state index in [1.54, 1.807) is 0 Å². The van der Waals surface area contributed by atoms with Crippen LogP contribution in [0.15, 0.2) is 0 Å². The minimum Gasteiger partial charge on any atom is -0.368 e.